The first-order valence-corrected chi connectivity index (χ1v) is 7.92. The molecule has 0 radical (unpaired) electrons. The average Bonchev–Trinajstić information content (AvgIpc) is 2.73. The Bertz CT molecular complexity index is 431. The number of nitrogens with two attached hydrogens (primary N) is 1. The third-order valence-electron chi connectivity index (χ3n) is 3.19. The summed E-state index contributed by atoms with van der Waals surface area (Å²) in [6.07, 6.45) is 1.92. The molecule has 0 aliphatic rings. The van der Waals surface area contributed by atoms with Crippen LogP contribution in [0.4, 0.5) is 0 Å². The molecule has 0 bridgehead atoms. The molecule has 0 saturated carbocycles. The molecule has 0 aliphatic heterocycles. The van der Waals surface area contributed by atoms with Crippen LogP contribution >= 0.6 is 27.3 Å². The second kappa shape index (κ2) is 7.26. The summed E-state index contributed by atoms with van der Waals surface area (Å²) in [5.41, 5.74) is 5.43. The van der Waals surface area contributed by atoms with E-state index < -0.39 is 0 Å². The Kier molecular flexibility index (Phi) is 6.29. The van der Waals surface area contributed by atoms with Gasteiger partial charge in [-0.15, -0.1) is 11.3 Å². The van der Waals surface area contributed by atoms with Gasteiger partial charge in [0.05, 0.1) is 0 Å². The highest BCUT2D eigenvalue weighted by molar-refractivity contribution is 9.10. The summed E-state index contributed by atoms with van der Waals surface area (Å²) in [6, 6.07) is 2.15. The largest absolute Gasteiger partial charge is 0.409 e. The summed E-state index contributed by atoms with van der Waals surface area (Å²) in [6.45, 7) is 5.95. The molecule has 0 fully saturated rings. The van der Waals surface area contributed by atoms with E-state index in [9.17, 15) is 0 Å². The molecule has 0 unspecified atom stereocenters. The molecule has 0 spiro atoms. The summed E-state index contributed by atoms with van der Waals surface area (Å²) in [5.74, 6) is 0.303. The van der Waals surface area contributed by atoms with E-state index in [1.807, 2.05) is 13.8 Å². The first kappa shape index (κ1) is 16.5. The van der Waals surface area contributed by atoms with E-state index in [0.717, 1.165) is 30.4 Å². The molecule has 1 rings (SSSR count). The molecule has 0 aliphatic carbocycles. The van der Waals surface area contributed by atoms with Crippen LogP contribution in [-0.2, 0) is 6.54 Å². The summed E-state index contributed by atoms with van der Waals surface area (Å²) in [7, 11) is 2.12. The topological polar surface area (TPSA) is 61.8 Å². The number of nitrogens with zero attached hydrogens (tertiary/aromatic N) is 2. The van der Waals surface area contributed by atoms with E-state index in [4.69, 9.17) is 10.9 Å². The molecule has 0 atom stereocenters. The van der Waals surface area contributed by atoms with Crippen LogP contribution in [-0.4, -0.2) is 29.5 Å². The van der Waals surface area contributed by atoms with Crippen LogP contribution in [0.5, 0.6) is 0 Å². The molecule has 1 aromatic heterocycles. The summed E-state index contributed by atoms with van der Waals surface area (Å²) >= 11 is 5.23. The molecule has 108 valence electrons. The summed E-state index contributed by atoms with van der Waals surface area (Å²) < 4.78 is 1.15. The Labute approximate surface area is 127 Å². The molecule has 4 nitrogen and oxygen atoms in total. The maximum absolute atomic E-state index is 8.73. The van der Waals surface area contributed by atoms with E-state index in [2.05, 4.69) is 44.5 Å². The Morgan fingerprint density at radius 3 is 2.79 bits per heavy atom. The number of amidine groups is 1. The Hall–Kier alpha value is -0.590. The number of rotatable bonds is 7. The molecule has 0 saturated heterocycles. The van der Waals surface area contributed by atoms with Crippen molar-refractivity contribution in [2.24, 2.45) is 16.3 Å². The molecule has 0 amide bonds. The van der Waals surface area contributed by atoms with Gasteiger partial charge in [-0.3, -0.25) is 0 Å². The van der Waals surface area contributed by atoms with Gasteiger partial charge in [-0.1, -0.05) is 19.0 Å². The van der Waals surface area contributed by atoms with Gasteiger partial charge in [0.15, 0.2) is 0 Å². The van der Waals surface area contributed by atoms with Crippen LogP contribution in [0.25, 0.3) is 0 Å². The van der Waals surface area contributed by atoms with Crippen LogP contribution in [0.1, 0.15) is 31.6 Å². The van der Waals surface area contributed by atoms with Crippen LogP contribution < -0.4 is 5.73 Å². The van der Waals surface area contributed by atoms with Gasteiger partial charge < -0.3 is 15.8 Å². The van der Waals surface area contributed by atoms with Crippen molar-refractivity contribution in [2.45, 2.75) is 33.2 Å². The first-order valence-electron chi connectivity index (χ1n) is 6.24. The van der Waals surface area contributed by atoms with Gasteiger partial charge >= 0.3 is 0 Å². The van der Waals surface area contributed by atoms with Crippen molar-refractivity contribution in [3.05, 3.63) is 20.8 Å². The monoisotopic (exact) mass is 347 g/mol. The zero-order valence-corrected chi connectivity index (χ0v) is 14.1. The fraction of sp³-hybridized carbons (Fsp3) is 0.615. The predicted octanol–water partition coefficient (Wildman–Crippen LogP) is 3.50. The molecule has 0 aromatic carbocycles. The molecule has 3 N–H and O–H groups in total. The van der Waals surface area contributed by atoms with Crippen molar-refractivity contribution in [3.63, 3.8) is 0 Å². The first-order chi connectivity index (χ1) is 8.85. The minimum Gasteiger partial charge on any atom is -0.409 e. The molecule has 6 heteroatoms. The van der Waals surface area contributed by atoms with E-state index in [-0.39, 0.29) is 5.41 Å². The van der Waals surface area contributed by atoms with E-state index in [1.54, 1.807) is 11.3 Å². The normalized spacial score (nSPS) is 13.2. The van der Waals surface area contributed by atoms with Gasteiger partial charge in [0, 0.05) is 26.7 Å². The zero-order valence-electron chi connectivity index (χ0n) is 11.7. The van der Waals surface area contributed by atoms with Crippen LogP contribution in [0, 0.1) is 5.41 Å². The van der Waals surface area contributed by atoms with E-state index in [1.165, 1.54) is 4.88 Å². The highest BCUT2D eigenvalue weighted by Crippen LogP contribution is 2.23. The molecular formula is C13H22BrN3OS. The molecule has 19 heavy (non-hydrogen) atoms. The third kappa shape index (κ3) is 5.50. The van der Waals surface area contributed by atoms with Gasteiger partial charge in [0.2, 0.25) is 0 Å². The van der Waals surface area contributed by atoms with Crippen molar-refractivity contribution in [3.8, 4) is 0 Å². The van der Waals surface area contributed by atoms with Gasteiger partial charge in [-0.05, 0) is 48.4 Å². The maximum Gasteiger partial charge on any atom is 0.144 e. The number of halogens is 1. The van der Waals surface area contributed by atoms with Gasteiger partial charge in [0.25, 0.3) is 0 Å². The van der Waals surface area contributed by atoms with Crippen molar-refractivity contribution in [1.29, 1.82) is 0 Å². The van der Waals surface area contributed by atoms with Crippen LogP contribution in [0.3, 0.4) is 0 Å². The van der Waals surface area contributed by atoms with E-state index in [0.29, 0.717) is 5.84 Å². The van der Waals surface area contributed by atoms with Crippen molar-refractivity contribution >= 4 is 33.1 Å². The average molecular weight is 348 g/mol. The predicted molar refractivity (Wildman–Crippen MR) is 84.8 cm³/mol. The lowest BCUT2D eigenvalue weighted by molar-refractivity contribution is 0.288. The van der Waals surface area contributed by atoms with Crippen molar-refractivity contribution in [2.75, 3.05) is 13.6 Å². The maximum atomic E-state index is 8.73. The van der Waals surface area contributed by atoms with Gasteiger partial charge in [-0.25, -0.2) is 0 Å². The lowest BCUT2D eigenvalue weighted by Gasteiger charge is -2.24. The minimum absolute atomic E-state index is 0.248. The minimum atomic E-state index is -0.248. The van der Waals surface area contributed by atoms with Crippen molar-refractivity contribution < 1.29 is 5.21 Å². The lowest BCUT2D eigenvalue weighted by Crippen LogP contribution is -2.32. The second-order valence-electron chi connectivity index (χ2n) is 5.44. The summed E-state index contributed by atoms with van der Waals surface area (Å²) in [4.78, 5) is 3.64. The third-order valence-corrected chi connectivity index (χ3v) is 4.87. The van der Waals surface area contributed by atoms with Gasteiger partial charge in [0.1, 0.15) is 5.84 Å². The highest BCUT2D eigenvalue weighted by Gasteiger charge is 2.23. The van der Waals surface area contributed by atoms with Crippen LogP contribution in [0.15, 0.2) is 21.1 Å². The molecular weight excluding hydrogens is 326 g/mol. The Morgan fingerprint density at radius 2 is 2.26 bits per heavy atom. The Morgan fingerprint density at radius 1 is 1.58 bits per heavy atom. The van der Waals surface area contributed by atoms with Gasteiger partial charge in [-0.2, -0.15) is 0 Å². The fourth-order valence-electron chi connectivity index (χ4n) is 1.84. The molecule has 1 heterocycles. The highest BCUT2D eigenvalue weighted by atomic mass is 79.9. The number of hydrogen-bond donors (Lipinski definition) is 2. The zero-order chi connectivity index (χ0) is 14.5. The van der Waals surface area contributed by atoms with Crippen LogP contribution in [0.2, 0.25) is 0 Å². The SMILES string of the molecule is CN(CCCC(C)(C)C(N)=NO)Cc1cc(Br)cs1. The molecule has 1 aromatic rings. The quantitative estimate of drug-likeness (QED) is 0.343. The number of oxime groups is 1. The standard InChI is InChI=1S/C13H22BrN3OS/c1-13(2,12(15)16-18)5-4-6-17(3)8-11-7-10(14)9-19-11/h7,9,18H,4-6,8H2,1-3H3,(H2,15,16). The van der Waals surface area contributed by atoms with Crippen molar-refractivity contribution in [1.82, 2.24) is 4.90 Å². The number of hydrogen-bond acceptors (Lipinski definition) is 4. The summed E-state index contributed by atoms with van der Waals surface area (Å²) in [5, 5.41) is 13.9. The second-order valence-corrected chi connectivity index (χ2v) is 7.35. The van der Waals surface area contributed by atoms with E-state index >= 15 is 0 Å². The Balaban J connectivity index is 2.33. The fourth-order valence-corrected chi connectivity index (χ4v) is 3.37. The smallest absolute Gasteiger partial charge is 0.144 e. The lowest BCUT2D eigenvalue weighted by atomic mass is 9.86. The number of thiophene rings is 1.